The molecule has 0 fully saturated rings. The minimum atomic E-state index is -0.0489. The molecular formula is C16H28N2O. The van der Waals surface area contributed by atoms with Crippen molar-refractivity contribution in [2.45, 2.75) is 46.1 Å². The smallest absolute Gasteiger partial charge is 0.123 e. The summed E-state index contributed by atoms with van der Waals surface area (Å²) in [7, 11) is 1.69. The van der Waals surface area contributed by atoms with Crippen molar-refractivity contribution >= 4 is 0 Å². The van der Waals surface area contributed by atoms with Gasteiger partial charge in [-0.2, -0.15) is 0 Å². The molecule has 4 N–H and O–H groups in total. The minimum Gasteiger partial charge on any atom is -0.496 e. The molecule has 3 heteroatoms. The lowest BCUT2D eigenvalue weighted by molar-refractivity contribution is 0.312. The van der Waals surface area contributed by atoms with E-state index in [1.54, 1.807) is 7.11 Å². The van der Waals surface area contributed by atoms with Gasteiger partial charge in [-0.3, -0.25) is 0 Å². The maximum Gasteiger partial charge on any atom is 0.123 e. The predicted octanol–water partition coefficient (Wildman–Crippen LogP) is 3.19. The van der Waals surface area contributed by atoms with Crippen molar-refractivity contribution in [2.24, 2.45) is 16.9 Å². The van der Waals surface area contributed by atoms with Crippen LogP contribution in [0.2, 0.25) is 0 Å². The van der Waals surface area contributed by atoms with Crippen molar-refractivity contribution in [2.75, 3.05) is 13.7 Å². The second-order valence-corrected chi connectivity index (χ2v) is 6.34. The Morgan fingerprint density at radius 2 is 1.89 bits per heavy atom. The highest BCUT2D eigenvalue weighted by Gasteiger charge is 2.23. The molecule has 1 unspecified atom stereocenters. The van der Waals surface area contributed by atoms with E-state index in [1.807, 2.05) is 6.07 Å². The molecule has 1 aromatic carbocycles. The largest absolute Gasteiger partial charge is 0.496 e. The molecule has 0 amide bonds. The highest BCUT2D eigenvalue weighted by molar-refractivity contribution is 5.40. The predicted molar refractivity (Wildman–Crippen MR) is 81.5 cm³/mol. The van der Waals surface area contributed by atoms with Gasteiger partial charge in [0.1, 0.15) is 5.75 Å². The molecule has 0 heterocycles. The van der Waals surface area contributed by atoms with Crippen LogP contribution in [0, 0.1) is 5.41 Å². The number of hydrogen-bond acceptors (Lipinski definition) is 3. The van der Waals surface area contributed by atoms with Crippen LogP contribution in [-0.2, 0) is 0 Å². The summed E-state index contributed by atoms with van der Waals surface area (Å²) in [5.41, 5.74) is 14.6. The van der Waals surface area contributed by atoms with Crippen LogP contribution in [0.1, 0.15) is 57.2 Å². The van der Waals surface area contributed by atoms with Gasteiger partial charge in [-0.1, -0.05) is 39.8 Å². The molecule has 0 spiro atoms. The van der Waals surface area contributed by atoms with Crippen molar-refractivity contribution in [3.63, 3.8) is 0 Å². The maximum absolute atomic E-state index is 6.37. The molecule has 0 aliphatic carbocycles. The first-order valence-electron chi connectivity index (χ1n) is 6.94. The van der Waals surface area contributed by atoms with Crippen LogP contribution in [0.3, 0.4) is 0 Å². The Kier molecular flexibility index (Phi) is 5.39. The lowest BCUT2D eigenvalue weighted by atomic mass is 9.83. The molecule has 1 atom stereocenters. The average molecular weight is 264 g/mol. The van der Waals surface area contributed by atoms with E-state index in [9.17, 15) is 0 Å². The fourth-order valence-electron chi connectivity index (χ4n) is 2.19. The fraction of sp³-hybridized carbons (Fsp3) is 0.625. The van der Waals surface area contributed by atoms with E-state index >= 15 is 0 Å². The van der Waals surface area contributed by atoms with E-state index in [-0.39, 0.29) is 11.5 Å². The SMILES string of the molecule is COc1ccc(C(C)C)cc1C(N)CC(C)(C)CN. The monoisotopic (exact) mass is 264 g/mol. The molecule has 0 aromatic heterocycles. The average Bonchev–Trinajstić information content (AvgIpc) is 2.37. The zero-order valence-corrected chi connectivity index (χ0v) is 12.9. The van der Waals surface area contributed by atoms with Crippen LogP contribution in [0.5, 0.6) is 5.75 Å². The van der Waals surface area contributed by atoms with Crippen molar-refractivity contribution in [1.82, 2.24) is 0 Å². The summed E-state index contributed by atoms with van der Waals surface area (Å²) in [6.45, 7) is 9.28. The lowest BCUT2D eigenvalue weighted by Gasteiger charge is -2.27. The summed E-state index contributed by atoms with van der Waals surface area (Å²) in [6.07, 6.45) is 0.849. The summed E-state index contributed by atoms with van der Waals surface area (Å²) in [5.74, 6) is 1.35. The zero-order valence-electron chi connectivity index (χ0n) is 12.9. The molecule has 0 saturated carbocycles. The highest BCUT2D eigenvalue weighted by atomic mass is 16.5. The standard InChI is InChI=1S/C16H28N2O/c1-11(2)12-6-7-15(19-5)13(8-12)14(18)9-16(3,4)10-17/h6-8,11,14H,9-10,17-18H2,1-5H3. The summed E-state index contributed by atoms with van der Waals surface area (Å²) >= 11 is 0. The van der Waals surface area contributed by atoms with Crippen LogP contribution < -0.4 is 16.2 Å². The van der Waals surface area contributed by atoms with E-state index in [0.717, 1.165) is 17.7 Å². The van der Waals surface area contributed by atoms with Gasteiger partial charge in [-0.15, -0.1) is 0 Å². The van der Waals surface area contributed by atoms with Gasteiger partial charge < -0.3 is 16.2 Å². The fourth-order valence-corrected chi connectivity index (χ4v) is 2.19. The van der Waals surface area contributed by atoms with Crippen molar-refractivity contribution < 1.29 is 4.74 Å². The normalized spacial score (nSPS) is 13.7. The van der Waals surface area contributed by atoms with E-state index in [2.05, 4.69) is 39.8 Å². The van der Waals surface area contributed by atoms with Crippen LogP contribution in [-0.4, -0.2) is 13.7 Å². The van der Waals surface area contributed by atoms with Gasteiger partial charge in [0, 0.05) is 11.6 Å². The molecule has 0 radical (unpaired) electrons. The number of nitrogens with two attached hydrogens (primary N) is 2. The molecule has 0 bridgehead atoms. The first-order valence-corrected chi connectivity index (χ1v) is 6.94. The Hall–Kier alpha value is -1.06. The summed E-state index contributed by atoms with van der Waals surface area (Å²) in [5, 5.41) is 0. The third-order valence-electron chi connectivity index (χ3n) is 3.64. The second kappa shape index (κ2) is 6.40. The molecule has 1 rings (SSSR count). The van der Waals surface area contributed by atoms with Gasteiger partial charge in [0.25, 0.3) is 0 Å². The molecule has 0 aliphatic heterocycles. The number of methoxy groups -OCH3 is 1. The lowest BCUT2D eigenvalue weighted by Crippen LogP contribution is -2.28. The number of benzene rings is 1. The maximum atomic E-state index is 6.37. The number of ether oxygens (including phenoxy) is 1. The number of hydrogen-bond donors (Lipinski definition) is 2. The second-order valence-electron chi connectivity index (χ2n) is 6.34. The summed E-state index contributed by atoms with van der Waals surface area (Å²) in [6, 6.07) is 6.24. The molecule has 1 aromatic rings. The Morgan fingerprint density at radius 1 is 1.26 bits per heavy atom. The van der Waals surface area contributed by atoms with Crippen LogP contribution in [0.25, 0.3) is 0 Å². The highest BCUT2D eigenvalue weighted by Crippen LogP contribution is 2.34. The van der Waals surface area contributed by atoms with E-state index in [1.165, 1.54) is 5.56 Å². The molecule has 3 nitrogen and oxygen atoms in total. The zero-order chi connectivity index (χ0) is 14.6. The van der Waals surface area contributed by atoms with Gasteiger partial charge in [0.2, 0.25) is 0 Å². The van der Waals surface area contributed by atoms with Crippen molar-refractivity contribution in [3.05, 3.63) is 29.3 Å². The van der Waals surface area contributed by atoms with Crippen molar-refractivity contribution in [3.8, 4) is 5.75 Å². The van der Waals surface area contributed by atoms with Crippen LogP contribution >= 0.6 is 0 Å². The van der Waals surface area contributed by atoms with E-state index in [4.69, 9.17) is 16.2 Å². The topological polar surface area (TPSA) is 61.3 Å². The Balaban J connectivity index is 3.05. The number of rotatable bonds is 6. The molecule has 0 aliphatic rings. The summed E-state index contributed by atoms with van der Waals surface area (Å²) in [4.78, 5) is 0. The van der Waals surface area contributed by atoms with Crippen LogP contribution in [0.15, 0.2) is 18.2 Å². The van der Waals surface area contributed by atoms with E-state index in [0.29, 0.717) is 12.5 Å². The van der Waals surface area contributed by atoms with Gasteiger partial charge in [0.05, 0.1) is 7.11 Å². The summed E-state index contributed by atoms with van der Waals surface area (Å²) < 4.78 is 5.44. The minimum absolute atomic E-state index is 0.0399. The Bertz CT molecular complexity index is 413. The van der Waals surface area contributed by atoms with E-state index < -0.39 is 0 Å². The first-order chi connectivity index (χ1) is 8.80. The third kappa shape index (κ3) is 4.22. The molecule has 19 heavy (non-hydrogen) atoms. The Labute approximate surface area is 117 Å². The molecular weight excluding hydrogens is 236 g/mol. The van der Waals surface area contributed by atoms with Gasteiger partial charge in [0.15, 0.2) is 0 Å². The quantitative estimate of drug-likeness (QED) is 0.829. The van der Waals surface area contributed by atoms with Crippen LogP contribution in [0.4, 0.5) is 0 Å². The first kappa shape index (κ1) is 16.0. The van der Waals surface area contributed by atoms with Crippen molar-refractivity contribution in [1.29, 1.82) is 0 Å². The van der Waals surface area contributed by atoms with Gasteiger partial charge in [-0.25, -0.2) is 0 Å². The molecule has 108 valence electrons. The van der Waals surface area contributed by atoms with Gasteiger partial charge in [-0.05, 0) is 35.9 Å². The van der Waals surface area contributed by atoms with Gasteiger partial charge >= 0.3 is 0 Å². The molecule has 0 saturated heterocycles. The Morgan fingerprint density at radius 3 is 2.37 bits per heavy atom. The third-order valence-corrected chi connectivity index (χ3v) is 3.64.